The van der Waals surface area contributed by atoms with Crippen molar-refractivity contribution in [2.75, 3.05) is 6.61 Å². The number of rotatable bonds is 36. The molecule has 3 unspecified atom stereocenters. The third-order valence-corrected chi connectivity index (χ3v) is 9.70. The third kappa shape index (κ3) is 58.2. The molecule has 0 aliphatic rings. The van der Waals surface area contributed by atoms with Crippen LogP contribution < -0.4 is 5.32 Å². The number of carbonyl (C=O) groups excluding carboxylic acids is 1. The van der Waals surface area contributed by atoms with Crippen molar-refractivity contribution in [3.63, 3.8) is 0 Å². The molecule has 5 nitrogen and oxygen atoms in total. The van der Waals surface area contributed by atoms with Gasteiger partial charge in [-0.25, -0.2) is 0 Å². The van der Waals surface area contributed by atoms with Gasteiger partial charge in [0.25, 0.3) is 0 Å². The fourth-order valence-corrected chi connectivity index (χ4v) is 6.24. The highest BCUT2D eigenvalue weighted by molar-refractivity contribution is 5.80. The summed E-state index contributed by atoms with van der Waals surface area (Å²) >= 11 is 0. The summed E-state index contributed by atoms with van der Waals surface area (Å²) < 4.78 is 0. The van der Waals surface area contributed by atoms with E-state index in [0.29, 0.717) is 6.42 Å². The highest BCUT2D eigenvalue weighted by Crippen LogP contribution is 2.16. The van der Waals surface area contributed by atoms with Crippen molar-refractivity contribution in [1.82, 2.24) is 5.32 Å². The summed E-state index contributed by atoms with van der Waals surface area (Å²) in [6.45, 7) is 20.0. The molecule has 0 saturated carbocycles. The highest BCUT2D eigenvalue weighted by Gasteiger charge is 2.21. The first-order valence-corrected chi connectivity index (χ1v) is 24.2. The second-order valence-corrected chi connectivity index (χ2v) is 14.6. The summed E-state index contributed by atoms with van der Waals surface area (Å²) in [7, 11) is 0. The van der Waals surface area contributed by atoms with Crippen LogP contribution in [0.4, 0.5) is 0 Å². The zero-order chi connectivity index (χ0) is 41.1. The molecule has 0 bridgehead atoms. The van der Waals surface area contributed by atoms with Crippen LogP contribution in [0.3, 0.4) is 0 Å². The van der Waals surface area contributed by atoms with Crippen molar-refractivity contribution in [3.05, 3.63) is 0 Å². The maximum atomic E-state index is 11.9. The minimum Gasteiger partial charge on any atom is -0.394 e. The Bertz CT molecular complexity index is 574. The Balaban J connectivity index is -0.000000319. The Morgan fingerprint density at radius 3 is 0.811 bits per heavy atom. The number of aliphatic hydroxyl groups excluding tert-OH is 3. The Morgan fingerprint density at radius 2 is 0.623 bits per heavy atom. The van der Waals surface area contributed by atoms with Gasteiger partial charge < -0.3 is 20.6 Å². The minimum absolute atomic E-state index is 0.338. The van der Waals surface area contributed by atoms with Crippen LogP contribution in [0.5, 0.6) is 0 Å². The van der Waals surface area contributed by atoms with E-state index < -0.39 is 24.2 Å². The molecule has 5 heteroatoms. The highest BCUT2D eigenvalue weighted by atomic mass is 16.3. The van der Waals surface area contributed by atoms with Crippen molar-refractivity contribution < 1.29 is 20.1 Å². The number of aliphatic hydroxyl groups is 3. The van der Waals surface area contributed by atoms with Gasteiger partial charge in [-0.2, -0.15) is 0 Å². The lowest BCUT2D eigenvalue weighted by Crippen LogP contribution is -2.48. The minimum atomic E-state index is -1.06. The first-order valence-electron chi connectivity index (χ1n) is 24.2. The molecule has 0 fully saturated rings. The number of hydrogen-bond acceptors (Lipinski definition) is 4. The fourth-order valence-electron chi connectivity index (χ4n) is 6.24. The van der Waals surface area contributed by atoms with Gasteiger partial charge in [0.05, 0.1) is 18.8 Å². The lowest BCUT2D eigenvalue weighted by molar-refractivity contribution is -0.131. The molecule has 0 saturated heterocycles. The van der Waals surface area contributed by atoms with E-state index in [-0.39, 0.29) is 6.61 Å². The summed E-state index contributed by atoms with van der Waals surface area (Å²) in [6.07, 6.45) is 42.5. The van der Waals surface area contributed by atoms with Gasteiger partial charge in [0, 0.05) is 0 Å². The standard InChI is InChI=1S/C28H57NO4.C14H30.3C2H6/c1-3-4-5-6-7-8-9-10-11-12-13-14-15-16-17-18-19-20-21-22-23-27(32)28(33)29-26(24-30)25(2)31;1-3-5-7-9-11-13-14-12-10-8-6-4-2;3*1-2/h25-27,30-32H,3-24H2,1-2H3,(H,29,33);3-14H2,1-2H3;3*1-2H3. The molecule has 0 aromatic rings. The lowest BCUT2D eigenvalue weighted by atomic mass is 10.0. The smallest absolute Gasteiger partial charge is 0.249 e. The van der Waals surface area contributed by atoms with Crippen LogP contribution in [-0.2, 0) is 4.79 Å². The van der Waals surface area contributed by atoms with Gasteiger partial charge in [0.1, 0.15) is 6.10 Å². The summed E-state index contributed by atoms with van der Waals surface area (Å²) in [6, 6.07) is -0.720. The molecule has 0 spiro atoms. The van der Waals surface area contributed by atoms with E-state index in [1.807, 2.05) is 41.5 Å². The van der Waals surface area contributed by atoms with Gasteiger partial charge in [-0.3, -0.25) is 4.79 Å². The first kappa shape index (κ1) is 61.6. The summed E-state index contributed by atoms with van der Waals surface area (Å²) in [5.41, 5.74) is 0. The quantitative estimate of drug-likeness (QED) is 0.0479. The predicted octanol–water partition coefficient (Wildman–Crippen LogP) is 15.2. The molecule has 0 aromatic carbocycles. The molecule has 0 rings (SSSR count). The van der Waals surface area contributed by atoms with Crippen LogP contribution >= 0.6 is 0 Å². The fraction of sp³-hybridized carbons (Fsp3) is 0.979. The predicted molar refractivity (Wildman–Crippen MR) is 240 cm³/mol. The number of unbranched alkanes of at least 4 members (excludes halogenated alkanes) is 30. The van der Waals surface area contributed by atoms with Crippen molar-refractivity contribution in [3.8, 4) is 0 Å². The summed E-state index contributed by atoms with van der Waals surface area (Å²) in [5.74, 6) is -0.507. The maximum Gasteiger partial charge on any atom is 0.249 e. The van der Waals surface area contributed by atoms with E-state index in [0.717, 1.165) is 19.3 Å². The van der Waals surface area contributed by atoms with Gasteiger partial charge in [0.15, 0.2) is 0 Å². The van der Waals surface area contributed by atoms with Crippen molar-refractivity contribution in [2.24, 2.45) is 0 Å². The first-order chi connectivity index (χ1) is 25.9. The van der Waals surface area contributed by atoms with Gasteiger partial charge >= 0.3 is 0 Å². The number of carbonyl (C=O) groups is 1. The number of amides is 1. The normalized spacial score (nSPS) is 12.0. The van der Waals surface area contributed by atoms with Crippen LogP contribution in [0.15, 0.2) is 0 Å². The monoisotopic (exact) mass is 760 g/mol. The average Bonchev–Trinajstić information content (AvgIpc) is 3.19. The third-order valence-electron chi connectivity index (χ3n) is 9.70. The van der Waals surface area contributed by atoms with E-state index >= 15 is 0 Å². The number of nitrogens with one attached hydrogen (secondary N) is 1. The zero-order valence-electron chi connectivity index (χ0n) is 38.5. The van der Waals surface area contributed by atoms with E-state index in [9.17, 15) is 15.0 Å². The molecule has 0 heterocycles. The lowest BCUT2D eigenvalue weighted by Gasteiger charge is -2.20. The Hall–Kier alpha value is -0.650. The maximum absolute atomic E-state index is 11.9. The Kier molecular flexibility index (Phi) is 70.4. The zero-order valence-corrected chi connectivity index (χ0v) is 38.5. The van der Waals surface area contributed by atoms with Crippen LogP contribution in [0.1, 0.15) is 281 Å². The van der Waals surface area contributed by atoms with Gasteiger partial charge in [0.2, 0.25) is 5.91 Å². The summed E-state index contributed by atoms with van der Waals surface area (Å²) in [5, 5.41) is 31.0. The molecular formula is C48H105NO4. The van der Waals surface area contributed by atoms with Gasteiger partial charge in [-0.05, 0) is 13.3 Å². The second kappa shape index (κ2) is 60.6. The SMILES string of the molecule is CC.CC.CC.CCCCCCCCCCCCCC.CCCCCCCCCCCCCCCCCCCCCCC(O)C(=O)NC(CO)C(C)O. The van der Waals surface area contributed by atoms with Gasteiger partial charge in [-0.15, -0.1) is 0 Å². The molecule has 0 aliphatic heterocycles. The average molecular weight is 760 g/mol. The molecular weight excluding hydrogens is 655 g/mol. The Labute approximate surface area is 336 Å². The molecule has 0 radical (unpaired) electrons. The number of hydrogen-bond donors (Lipinski definition) is 4. The second-order valence-electron chi connectivity index (χ2n) is 14.6. The molecule has 0 aromatic heterocycles. The van der Waals surface area contributed by atoms with E-state index in [4.69, 9.17) is 5.11 Å². The van der Waals surface area contributed by atoms with Crippen LogP contribution in [-0.4, -0.2) is 46.1 Å². The molecule has 3 atom stereocenters. The van der Waals surface area contributed by atoms with E-state index in [1.165, 1.54) is 193 Å². The van der Waals surface area contributed by atoms with Crippen molar-refractivity contribution in [2.45, 2.75) is 299 Å². The molecule has 53 heavy (non-hydrogen) atoms. The van der Waals surface area contributed by atoms with Crippen LogP contribution in [0.25, 0.3) is 0 Å². The molecule has 1 amide bonds. The molecule has 326 valence electrons. The van der Waals surface area contributed by atoms with Gasteiger partial charge in [-0.1, -0.05) is 268 Å². The van der Waals surface area contributed by atoms with Crippen LogP contribution in [0, 0.1) is 0 Å². The van der Waals surface area contributed by atoms with E-state index in [2.05, 4.69) is 26.1 Å². The van der Waals surface area contributed by atoms with Crippen molar-refractivity contribution >= 4 is 5.91 Å². The van der Waals surface area contributed by atoms with Crippen molar-refractivity contribution in [1.29, 1.82) is 0 Å². The largest absolute Gasteiger partial charge is 0.394 e. The molecule has 0 aliphatic carbocycles. The van der Waals surface area contributed by atoms with Crippen LogP contribution in [0.2, 0.25) is 0 Å². The van der Waals surface area contributed by atoms with E-state index in [1.54, 1.807) is 0 Å². The topological polar surface area (TPSA) is 89.8 Å². The molecule has 4 N–H and O–H groups in total. The summed E-state index contributed by atoms with van der Waals surface area (Å²) in [4.78, 5) is 11.9. The Morgan fingerprint density at radius 1 is 0.415 bits per heavy atom.